The number of hydrogen-bond donors (Lipinski definition) is 2. The third-order valence-electron chi connectivity index (χ3n) is 2.64. The van der Waals surface area contributed by atoms with Crippen molar-refractivity contribution in [3.63, 3.8) is 0 Å². The molecular formula is C10H20N2S. The van der Waals surface area contributed by atoms with Gasteiger partial charge in [-0.1, -0.05) is 13.8 Å². The molecule has 0 spiro atoms. The van der Waals surface area contributed by atoms with Crippen molar-refractivity contribution < 1.29 is 0 Å². The fraction of sp³-hybridized carbons (Fsp3) is 0.900. The summed E-state index contributed by atoms with van der Waals surface area (Å²) in [7, 11) is 0. The summed E-state index contributed by atoms with van der Waals surface area (Å²) in [5.41, 5.74) is 0.499. The zero-order chi connectivity index (χ0) is 9.90. The highest BCUT2D eigenvalue weighted by atomic mass is 32.1. The molecule has 0 amide bonds. The largest absolute Gasteiger partial charge is 0.363 e. The van der Waals surface area contributed by atoms with E-state index in [1.807, 2.05) is 0 Å². The van der Waals surface area contributed by atoms with Crippen LogP contribution in [0.5, 0.6) is 0 Å². The lowest BCUT2D eigenvalue weighted by molar-refractivity contribution is 0.372. The monoisotopic (exact) mass is 200 g/mol. The summed E-state index contributed by atoms with van der Waals surface area (Å²) in [4.78, 5) is 0. The first kappa shape index (κ1) is 10.8. The first-order valence-corrected chi connectivity index (χ1v) is 5.49. The van der Waals surface area contributed by atoms with E-state index in [9.17, 15) is 0 Å². The second-order valence-electron chi connectivity index (χ2n) is 4.61. The molecule has 3 heteroatoms. The quantitative estimate of drug-likeness (QED) is 0.667. The van der Waals surface area contributed by atoms with Crippen molar-refractivity contribution in [3.8, 4) is 0 Å². The first-order chi connectivity index (χ1) is 6.03. The summed E-state index contributed by atoms with van der Waals surface area (Å²) in [6, 6.07) is 0.585. The summed E-state index contributed by atoms with van der Waals surface area (Å²) >= 11 is 5.14. The second kappa shape index (κ2) is 4.27. The Morgan fingerprint density at radius 3 is 2.69 bits per heavy atom. The van der Waals surface area contributed by atoms with Crippen LogP contribution in [0.15, 0.2) is 0 Å². The predicted molar refractivity (Wildman–Crippen MR) is 60.8 cm³/mol. The molecule has 1 saturated carbocycles. The van der Waals surface area contributed by atoms with E-state index in [0.717, 1.165) is 11.7 Å². The van der Waals surface area contributed by atoms with Crippen LogP contribution in [-0.4, -0.2) is 17.7 Å². The molecule has 0 aliphatic heterocycles. The van der Waals surface area contributed by atoms with E-state index >= 15 is 0 Å². The lowest BCUT2D eigenvalue weighted by Crippen LogP contribution is -2.40. The molecule has 0 radical (unpaired) electrons. The Kier molecular flexibility index (Phi) is 3.54. The lowest BCUT2D eigenvalue weighted by atomic mass is 9.92. The molecule has 13 heavy (non-hydrogen) atoms. The zero-order valence-corrected chi connectivity index (χ0v) is 9.63. The van der Waals surface area contributed by atoms with Gasteiger partial charge in [0, 0.05) is 12.6 Å². The molecule has 0 bridgehead atoms. The Labute approximate surface area is 86.5 Å². The predicted octanol–water partition coefficient (Wildman–Crippen LogP) is 2.05. The molecule has 1 atom stereocenters. The normalized spacial score (nSPS) is 25.6. The molecule has 2 nitrogen and oxygen atoms in total. The molecule has 1 aliphatic carbocycles. The minimum Gasteiger partial charge on any atom is -0.363 e. The summed E-state index contributed by atoms with van der Waals surface area (Å²) < 4.78 is 0. The van der Waals surface area contributed by atoms with Gasteiger partial charge < -0.3 is 10.6 Å². The number of nitrogens with one attached hydrogen (secondary N) is 2. The molecule has 1 rings (SSSR count). The van der Waals surface area contributed by atoms with Gasteiger partial charge in [0.25, 0.3) is 0 Å². The maximum Gasteiger partial charge on any atom is 0.166 e. The number of rotatable bonds is 2. The fourth-order valence-corrected chi connectivity index (χ4v) is 2.27. The fourth-order valence-electron chi connectivity index (χ4n) is 1.96. The topological polar surface area (TPSA) is 24.1 Å². The Morgan fingerprint density at radius 1 is 1.54 bits per heavy atom. The van der Waals surface area contributed by atoms with Crippen LogP contribution in [0.3, 0.4) is 0 Å². The molecular weight excluding hydrogens is 180 g/mol. The van der Waals surface area contributed by atoms with Crippen LogP contribution in [0.4, 0.5) is 0 Å². The third kappa shape index (κ3) is 3.51. The van der Waals surface area contributed by atoms with Gasteiger partial charge in [0.1, 0.15) is 0 Å². The van der Waals surface area contributed by atoms with Crippen LogP contribution in [0.2, 0.25) is 0 Å². The lowest BCUT2D eigenvalue weighted by Gasteiger charge is -2.19. The van der Waals surface area contributed by atoms with Crippen molar-refractivity contribution in [2.45, 2.75) is 46.1 Å². The molecule has 0 heterocycles. The Bertz CT molecular complexity index is 189. The zero-order valence-electron chi connectivity index (χ0n) is 8.81. The smallest absolute Gasteiger partial charge is 0.166 e. The van der Waals surface area contributed by atoms with Crippen LogP contribution in [0, 0.1) is 5.41 Å². The summed E-state index contributed by atoms with van der Waals surface area (Å²) in [5.74, 6) is 0. The van der Waals surface area contributed by atoms with Crippen LogP contribution < -0.4 is 10.6 Å². The molecule has 0 aromatic carbocycles. The molecule has 0 aromatic heterocycles. The van der Waals surface area contributed by atoms with Gasteiger partial charge in [-0.05, 0) is 43.8 Å². The SMILES string of the molecule is CCNC(=S)NC1CCC(C)(C)C1. The van der Waals surface area contributed by atoms with Gasteiger partial charge in [0.15, 0.2) is 5.11 Å². The minimum atomic E-state index is 0.499. The van der Waals surface area contributed by atoms with Crippen molar-refractivity contribution in [1.29, 1.82) is 0 Å². The number of thiocarbonyl (C=S) groups is 1. The highest BCUT2D eigenvalue weighted by molar-refractivity contribution is 7.80. The Hall–Kier alpha value is -0.310. The first-order valence-electron chi connectivity index (χ1n) is 5.08. The molecule has 0 saturated heterocycles. The van der Waals surface area contributed by atoms with E-state index in [4.69, 9.17) is 12.2 Å². The van der Waals surface area contributed by atoms with Crippen LogP contribution in [-0.2, 0) is 0 Å². The van der Waals surface area contributed by atoms with Crippen molar-refractivity contribution in [2.75, 3.05) is 6.54 Å². The Balaban J connectivity index is 2.28. The van der Waals surface area contributed by atoms with Crippen LogP contribution in [0.25, 0.3) is 0 Å². The summed E-state index contributed by atoms with van der Waals surface area (Å²) in [6.07, 6.45) is 3.79. The van der Waals surface area contributed by atoms with E-state index in [1.165, 1.54) is 19.3 Å². The average molecular weight is 200 g/mol. The van der Waals surface area contributed by atoms with Gasteiger partial charge in [-0.2, -0.15) is 0 Å². The van der Waals surface area contributed by atoms with Crippen molar-refractivity contribution in [1.82, 2.24) is 10.6 Å². The van der Waals surface area contributed by atoms with Gasteiger partial charge in [0.05, 0.1) is 0 Å². The average Bonchev–Trinajstić information content (AvgIpc) is 2.30. The third-order valence-corrected chi connectivity index (χ3v) is 2.90. The van der Waals surface area contributed by atoms with Crippen molar-refractivity contribution in [3.05, 3.63) is 0 Å². The van der Waals surface area contributed by atoms with Gasteiger partial charge in [-0.15, -0.1) is 0 Å². The summed E-state index contributed by atoms with van der Waals surface area (Å²) in [6.45, 7) is 7.62. The van der Waals surface area contributed by atoms with Crippen molar-refractivity contribution >= 4 is 17.3 Å². The van der Waals surface area contributed by atoms with E-state index in [0.29, 0.717) is 11.5 Å². The van der Waals surface area contributed by atoms with Gasteiger partial charge in [-0.3, -0.25) is 0 Å². The van der Waals surface area contributed by atoms with E-state index < -0.39 is 0 Å². The molecule has 1 aliphatic rings. The van der Waals surface area contributed by atoms with Crippen LogP contribution in [0.1, 0.15) is 40.0 Å². The maximum absolute atomic E-state index is 5.14. The van der Waals surface area contributed by atoms with E-state index in [-0.39, 0.29) is 0 Å². The van der Waals surface area contributed by atoms with Gasteiger partial charge in [-0.25, -0.2) is 0 Å². The second-order valence-corrected chi connectivity index (χ2v) is 5.02. The highest BCUT2D eigenvalue weighted by Gasteiger charge is 2.30. The number of hydrogen-bond acceptors (Lipinski definition) is 1. The van der Waals surface area contributed by atoms with Gasteiger partial charge in [0.2, 0.25) is 0 Å². The maximum atomic E-state index is 5.14. The van der Waals surface area contributed by atoms with Crippen LogP contribution >= 0.6 is 12.2 Å². The molecule has 1 unspecified atom stereocenters. The molecule has 1 fully saturated rings. The minimum absolute atomic E-state index is 0.499. The summed E-state index contributed by atoms with van der Waals surface area (Å²) in [5, 5.41) is 7.29. The molecule has 76 valence electrons. The molecule has 0 aromatic rings. The van der Waals surface area contributed by atoms with Gasteiger partial charge >= 0.3 is 0 Å². The highest BCUT2D eigenvalue weighted by Crippen LogP contribution is 2.36. The Morgan fingerprint density at radius 2 is 2.23 bits per heavy atom. The van der Waals surface area contributed by atoms with E-state index in [1.54, 1.807) is 0 Å². The van der Waals surface area contributed by atoms with Crippen molar-refractivity contribution in [2.24, 2.45) is 5.41 Å². The standard InChI is InChI=1S/C10H20N2S/c1-4-11-9(13)12-8-5-6-10(2,3)7-8/h8H,4-7H2,1-3H3,(H2,11,12,13). The molecule has 2 N–H and O–H groups in total. The van der Waals surface area contributed by atoms with E-state index in [2.05, 4.69) is 31.4 Å².